The summed E-state index contributed by atoms with van der Waals surface area (Å²) in [6.07, 6.45) is 1.07. The maximum atomic E-state index is 12.0. The van der Waals surface area contributed by atoms with Crippen LogP contribution < -0.4 is 5.43 Å². The maximum absolute atomic E-state index is 12.0. The summed E-state index contributed by atoms with van der Waals surface area (Å²) in [6.45, 7) is 0. The summed E-state index contributed by atoms with van der Waals surface area (Å²) in [5.41, 5.74) is 1.15. The molecule has 6 nitrogen and oxygen atoms in total. The second kappa shape index (κ2) is 5.24. The van der Waals surface area contributed by atoms with Crippen LogP contribution in [0.5, 0.6) is 11.5 Å². The van der Waals surface area contributed by atoms with Crippen molar-refractivity contribution >= 4 is 11.9 Å². The molecule has 0 saturated heterocycles. The van der Waals surface area contributed by atoms with Crippen molar-refractivity contribution in [3.05, 3.63) is 63.7 Å². The van der Waals surface area contributed by atoms with Crippen molar-refractivity contribution < 1.29 is 24.5 Å². The summed E-state index contributed by atoms with van der Waals surface area (Å²) < 4.78 is 5.66. The molecule has 0 atom stereocenters. The summed E-state index contributed by atoms with van der Waals surface area (Å²) in [7, 11) is 0. The molecule has 0 amide bonds. The highest BCUT2D eigenvalue weighted by Crippen LogP contribution is 2.44. The Labute approximate surface area is 141 Å². The number of aliphatic hydroxyl groups is 1. The van der Waals surface area contributed by atoms with Crippen LogP contribution in [-0.2, 0) is 11.2 Å². The number of aromatic hydroxyl groups is 2. The van der Waals surface area contributed by atoms with Gasteiger partial charge < -0.3 is 19.7 Å². The number of rotatable bonds is 1. The second-order valence-electron chi connectivity index (χ2n) is 5.78. The van der Waals surface area contributed by atoms with Crippen LogP contribution in [0.4, 0.5) is 0 Å². The molecule has 3 aliphatic rings. The number of benzene rings is 2. The fraction of sp³-hybridized carbons (Fsp3) is 0.0526. The number of allylic oxidation sites excluding steroid dienone is 1. The number of hydrogen-bond donors (Lipinski definition) is 3. The predicted octanol–water partition coefficient (Wildman–Crippen LogP) is 2.85. The Morgan fingerprint density at radius 1 is 0.920 bits per heavy atom. The largest absolute Gasteiger partial charge is 0.507 e. The third-order valence-electron chi connectivity index (χ3n) is 4.21. The smallest absolute Gasteiger partial charge is 0.223 e. The maximum Gasteiger partial charge on any atom is 0.223 e. The molecule has 25 heavy (non-hydrogen) atoms. The van der Waals surface area contributed by atoms with E-state index in [2.05, 4.69) is 0 Å². The van der Waals surface area contributed by atoms with Gasteiger partial charge in [0.1, 0.15) is 17.3 Å². The van der Waals surface area contributed by atoms with Crippen LogP contribution in [-0.4, -0.2) is 21.1 Å². The van der Waals surface area contributed by atoms with E-state index in [-0.39, 0.29) is 23.7 Å². The number of phenols is 2. The minimum Gasteiger partial charge on any atom is -0.507 e. The summed E-state index contributed by atoms with van der Waals surface area (Å²) >= 11 is 0. The van der Waals surface area contributed by atoms with Crippen LogP contribution >= 0.6 is 0 Å². The van der Waals surface area contributed by atoms with Crippen LogP contribution in [0.25, 0.3) is 28.5 Å². The predicted molar refractivity (Wildman–Crippen MR) is 89.7 cm³/mol. The Bertz CT molecular complexity index is 1090. The molecule has 0 fully saturated rings. The number of hydrogen-bond acceptors (Lipinski definition) is 6. The number of Topliss-reactive ketones (excluding diaryl/α,β-unsaturated/α-hetero) is 1. The number of ketones is 1. The van der Waals surface area contributed by atoms with Gasteiger partial charge in [-0.15, -0.1) is 0 Å². The number of carbonyl (C=O) groups is 1. The zero-order valence-corrected chi connectivity index (χ0v) is 12.8. The molecule has 0 aromatic heterocycles. The van der Waals surface area contributed by atoms with Gasteiger partial charge in [-0.2, -0.15) is 0 Å². The number of phenolic OH excluding ortho intramolecular Hbond substituents is 2. The Kier molecular flexibility index (Phi) is 3.15. The third-order valence-corrected chi connectivity index (χ3v) is 4.21. The highest BCUT2D eigenvalue weighted by molar-refractivity contribution is 6.04. The molecule has 1 aliphatic heterocycles. The van der Waals surface area contributed by atoms with Crippen molar-refractivity contribution in [2.24, 2.45) is 0 Å². The van der Waals surface area contributed by atoms with Crippen molar-refractivity contribution in [3.8, 4) is 33.9 Å². The molecule has 4 rings (SSSR count). The van der Waals surface area contributed by atoms with E-state index in [0.717, 1.165) is 6.07 Å². The first-order chi connectivity index (χ1) is 12.0. The monoisotopic (exact) mass is 336 g/mol. The highest BCUT2D eigenvalue weighted by Gasteiger charge is 2.28. The van der Waals surface area contributed by atoms with Crippen LogP contribution in [0.3, 0.4) is 0 Å². The lowest BCUT2D eigenvalue weighted by Gasteiger charge is -2.21. The van der Waals surface area contributed by atoms with Gasteiger partial charge in [0.05, 0.1) is 0 Å². The van der Waals surface area contributed by atoms with E-state index in [1.54, 1.807) is 18.2 Å². The van der Waals surface area contributed by atoms with Gasteiger partial charge in [0, 0.05) is 40.8 Å². The highest BCUT2D eigenvalue weighted by atomic mass is 16.3. The quantitative estimate of drug-likeness (QED) is 0.630. The third kappa shape index (κ3) is 2.27. The number of para-hydroxylation sites is 1. The van der Waals surface area contributed by atoms with Gasteiger partial charge in [0.25, 0.3) is 0 Å². The van der Waals surface area contributed by atoms with Crippen LogP contribution in [0.1, 0.15) is 11.3 Å². The van der Waals surface area contributed by atoms with Crippen molar-refractivity contribution in [2.75, 3.05) is 0 Å². The standard InChI is InChI=1S/C19H12O6/c20-12-4-2-1-3-9(12)19-10-5-13(21)15(23)7-17(10)25-18-8-16(24)14(22)6-11(18)19/h1-5,7-8,20-21,24H,6H2. The lowest BCUT2D eigenvalue weighted by Crippen LogP contribution is -2.14. The molecule has 0 saturated carbocycles. The van der Waals surface area contributed by atoms with E-state index in [1.807, 2.05) is 0 Å². The SMILES string of the molecule is O=C1Cc2c(oc3cc(=O)c(O)cc-3c2-c2ccccc2O)C=C1O. The van der Waals surface area contributed by atoms with Gasteiger partial charge in [0.15, 0.2) is 11.5 Å². The first kappa shape index (κ1) is 15.0. The fourth-order valence-electron chi connectivity index (χ4n) is 3.04. The van der Waals surface area contributed by atoms with Gasteiger partial charge in [-0.25, -0.2) is 0 Å². The molecule has 2 aliphatic carbocycles. The molecule has 3 N–H and O–H groups in total. The van der Waals surface area contributed by atoms with Crippen molar-refractivity contribution in [2.45, 2.75) is 6.42 Å². The number of aliphatic hydroxyl groups excluding tert-OH is 1. The van der Waals surface area contributed by atoms with Crippen molar-refractivity contribution in [1.29, 1.82) is 0 Å². The minimum atomic E-state index is -0.612. The van der Waals surface area contributed by atoms with E-state index in [1.165, 1.54) is 18.2 Å². The average molecular weight is 336 g/mol. The molecule has 0 unspecified atom stereocenters. The van der Waals surface area contributed by atoms with Crippen LogP contribution in [0.2, 0.25) is 0 Å². The second-order valence-corrected chi connectivity index (χ2v) is 5.78. The summed E-state index contributed by atoms with van der Waals surface area (Å²) in [4.78, 5) is 23.7. The van der Waals surface area contributed by atoms with E-state index in [4.69, 9.17) is 4.42 Å². The Hall–Kier alpha value is -3.54. The lowest BCUT2D eigenvalue weighted by molar-refractivity contribution is -0.117. The zero-order valence-electron chi connectivity index (χ0n) is 12.8. The molecule has 0 radical (unpaired) electrons. The first-order valence-electron chi connectivity index (χ1n) is 7.50. The van der Waals surface area contributed by atoms with E-state index in [9.17, 15) is 24.9 Å². The molecule has 1 aromatic rings. The van der Waals surface area contributed by atoms with Crippen molar-refractivity contribution in [1.82, 2.24) is 0 Å². The molecule has 6 heteroatoms. The molecule has 1 aromatic carbocycles. The molecule has 124 valence electrons. The van der Waals surface area contributed by atoms with Crippen LogP contribution in [0, 0.1) is 0 Å². The molecule has 0 bridgehead atoms. The summed E-state index contributed by atoms with van der Waals surface area (Å²) in [6, 6.07) is 8.93. The minimum absolute atomic E-state index is 0.0193. The Balaban J connectivity index is 2.18. The van der Waals surface area contributed by atoms with E-state index in [0.29, 0.717) is 22.3 Å². The van der Waals surface area contributed by atoms with Crippen LogP contribution in [0.15, 0.2) is 51.4 Å². The van der Waals surface area contributed by atoms with E-state index < -0.39 is 22.7 Å². The van der Waals surface area contributed by atoms with Crippen molar-refractivity contribution in [3.63, 3.8) is 0 Å². The van der Waals surface area contributed by atoms with Gasteiger partial charge >= 0.3 is 0 Å². The molecular weight excluding hydrogens is 324 g/mol. The Morgan fingerprint density at radius 3 is 2.44 bits per heavy atom. The molecular formula is C19H12O6. The summed E-state index contributed by atoms with van der Waals surface area (Å²) in [5, 5.41) is 29.8. The van der Waals surface area contributed by atoms with E-state index >= 15 is 0 Å². The summed E-state index contributed by atoms with van der Waals surface area (Å²) in [5.74, 6) is -0.983. The Morgan fingerprint density at radius 2 is 1.68 bits per heavy atom. The topological polar surface area (TPSA) is 108 Å². The van der Waals surface area contributed by atoms with Gasteiger partial charge in [-0.05, 0) is 12.1 Å². The number of fused-ring (bicyclic) bond motifs is 2. The fourth-order valence-corrected chi connectivity index (χ4v) is 3.04. The van der Waals surface area contributed by atoms with Gasteiger partial charge in [-0.1, -0.05) is 18.2 Å². The first-order valence-corrected chi connectivity index (χ1v) is 7.50. The zero-order chi connectivity index (χ0) is 17.7. The lowest BCUT2D eigenvalue weighted by atomic mass is 9.87. The average Bonchev–Trinajstić information content (AvgIpc) is 2.57. The molecule has 1 heterocycles. The van der Waals surface area contributed by atoms with Gasteiger partial charge in [0.2, 0.25) is 11.2 Å². The normalized spacial score (nSPS) is 13.6. The van der Waals surface area contributed by atoms with Gasteiger partial charge in [-0.3, -0.25) is 9.59 Å². The number of carbonyl (C=O) groups excluding carboxylic acids is 1. The molecule has 0 spiro atoms.